The molecule has 3 aliphatic rings. The van der Waals surface area contributed by atoms with Crippen LogP contribution in [-0.4, -0.2) is 0 Å². The Kier molecular flexibility index (Phi) is 3.94. The molecular formula is C30H25N. The fourth-order valence-corrected chi connectivity index (χ4v) is 5.25. The zero-order valence-electron chi connectivity index (χ0n) is 17.9. The molecule has 1 unspecified atom stereocenters. The predicted octanol–water partition coefficient (Wildman–Crippen LogP) is 7.59. The number of hydrogen-bond acceptors (Lipinski definition) is 1. The number of nitrogens with one attached hydrogen (secondary N) is 1. The Morgan fingerprint density at radius 1 is 0.710 bits per heavy atom. The minimum absolute atomic E-state index is 0.00495. The molecule has 6 rings (SSSR count). The summed E-state index contributed by atoms with van der Waals surface area (Å²) in [6.07, 6.45) is 13.4. The van der Waals surface area contributed by atoms with Gasteiger partial charge in [0.15, 0.2) is 0 Å². The van der Waals surface area contributed by atoms with E-state index in [2.05, 4.69) is 122 Å². The molecule has 0 saturated heterocycles. The average Bonchev–Trinajstić information content (AvgIpc) is 2.98. The third kappa shape index (κ3) is 2.84. The standard InChI is InChI=1S/C30H25N/c1-30(2)27-14-8-7-12-24(27)25-16-15-22(19-28(25)30)31-29-18-20-9-3-4-10-21(17-20)23-11-5-6-13-26(23)29/h3-20,31H,1-2H3. The maximum atomic E-state index is 3.77. The van der Waals surface area contributed by atoms with Crippen LogP contribution in [0, 0.1) is 5.92 Å². The van der Waals surface area contributed by atoms with Gasteiger partial charge < -0.3 is 5.32 Å². The van der Waals surface area contributed by atoms with E-state index < -0.39 is 0 Å². The van der Waals surface area contributed by atoms with E-state index in [1.165, 1.54) is 44.7 Å². The van der Waals surface area contributed by atoms with Gasteiger partial charge in [-0.15, -0.1) is 0 Å². The van der Waals surface area contributed by atoms with Crippen molar-refractivity contribution in [1.29, 1.82) is 0 Å². The molecule has 3 aromatic rings. The van der Waals surface area contributed by atoms with Gasteiger partial charge in [0.05, 0.1) is 0 Å². The lowest BCUT2D eigenvalue weighted by Crippen LogP contribution is -2.15. The number of rotatable bonds is 2. The second kappa shape index (κ2) is 6.72. The third-order valence-corrected chi connectivity index (χ3v) is 6.84. The minimum atomic E-state index is 0.00495. The SMILES string of the molecule is CC1(C)c2ccccc2-c2ccc(NC3=CC4C=CC=CC(=C4)c4ccccc43)cc21. The number of fused-ring (bicyclic) bond motifs is 6. The van der Waals surface area contributed by atoms with E-state index in [9.17, 15) is 0 Å². The molecule has 0 fully saturated rings. The fraction of sp³-hybridized carbons (Fsp3) is 0.133. The smallest absolute Gasteiger partial charge is 0.0432 e. The van der Waals surface area contributed by atoms with E-state index in [0.717, 1.165) is 5.69 Å². The van der Waals surface area contributed by atoms with E-state index in [1.54, 1.807) is 0 Å². The summed E-state index contributed by atoms with van der Waals surface area (Å²) in [4.78, 5) is 0. The van der Waals surface area contributed by atoms with Crippen molar-refractivity contribution in [3.05, 3.63) is 125 Å². The van der Waals surface area contributed by atoms with Crippen molar-refractivity contribution in [1.82, 2.24) is 0 Å². The Bertz CT molecular complexity index is 1330. The van der Waals surface area contributed by atoms with Crippen molar-refractivity contribution < 1.29 is 0 Å². The van der Waals surface area contributed by atoms with Crippen LogP contribution >= 0.6 is 0 Å². The topological polar surface area (TPSA) is 12.0 Å². The first-order valence-corrected chi connectivity index (χ1v) is 11.0. The summed E-state index contributed by atoms with van der Waals surface area (Å²) in [5, 5.41) is 3.77. The molecule has 0 amide bonds. The zero-order valence-corrected chi connectivity index (χ0v) is 17.9. The second-order valence-electron chi connectivity index (χ2n) is 9.13. The minimum Gasteiger partial charge on any atom is -0.355 e. The summed E-state index contributed by atoms with van der Waals surface area (Å²) in [5.41, 5.74) is 11.6. The van der Waals surface area contributed by atoms with Crippen molar-refractivity contribution in [3.63, 3.8) is 0 Å². The first-order valence-electron chi connectivity index (χ1n) is 11.0. The summed E-state index contributed by atoms with van der Waals surface area (Å²) in [5.74, 6) is 0.273. The molecule has 31 heavy (non-hydrogen) atoms. The van der Waals surface area contributed by atoms with Crippen LogP contribution in [0.2, 0.25) is 0 Å². The van der Waals surface area contributed by atoms with Gasteiger partial charge in [-0.1, -0.05) is 98.8 Å². The highest BCUT2D eigenvalue weighted by Crippen LogP contribution is 2.49. The molecule has 150 valence electrons. The van der Waals surface area contributed by atoms with Crippen molar-refractivity contribution >= 4 is 17.0 Å². The van der Waals surface area contributed by atoms with Crippen LogP contribution in [0.15, 0.2) is 103 Å². The van der Waals surface area contributed by atoms with Crippen molar-refractivity contribution in [2.24, 2.45) is 5.92 Å². The van der Waals surface area contributed by atoms with Crippen LogP contribution in [0.1, 0.15) is 36.1 Å². The van der Waals surface area contributed by atoms with E-state index >= 15 is 0 Å². The molecule has 1 nitrogen and oxygen atoms in total. The van der Waals surface area contributed by atoms with E-state index in [-0.39, 0.29) is 11.3 Å². The highest BCUT2D eigenvalue weighted by molar-refractivity contribution is 5.91. The Morgan fingerprint density at radius 2 is 1.45 bits per heavy atom. The normalized spacial score (nSPS) is 19.4. The predicted molar refractivity (Wildman–Crippen MR) is 132 cm³/mol. The molecule has 0 saturated carbocycles. The van der Waals surface area contributed by atoms with E-state index in [4.69, 9.17) is 0 Å². The van der Waals surface area contributed by atoms with Gasteiger partial charge in [0, 0.05) is 28.3 Å². The Morgan fingerprint density at radius 3 is 2.32 bits per heavy atom. The average molecular weight is 400 g/mol. The highest BCUT2D eigenvalue weighted by Gasteiger charge is 2.35. The van der Waals surface area contributed by atoms with Crippen LogP contribution < -0.4 is 5.32 Å². The van der Waals surface area contributed by atoms with Crippen LogP contribution in [0.4, 0.5) is 5.69 Å². The van der Waals surface area contributed by atoms with Crippen LogP contribution in [-0.2, 0) is 5.41 Å². The largest absolute Gasteiger partial charge is 0.355 e. The maximum Gasteiger partial charge on any atom is 0.0432 e. The van der Waals surface area contributed by atoms with E-state index in [0.29, 0.717) is 0 Å². The first kappa shape index (κ1) is 18.2. The number of benzene rings is 3. The summed E-state index contributed by atoms with van der Waals surface area (Å²) in [7, 11) is 0. The van der Waals surface area contributed by atoms with Crippen LogP contribution in [0.3, 0.4) is 0 Å². The van der Waals surface area contributed by atoms with Gasteiger partial charge in [-0.25, -0.2) is 0 Å². The lowest BCUT2D eigenvalue weighted by molar-refractivity contribution is 0.660. The Hall–Kier alpha value is -3.58. The summed E-state index contributed by atoms with van der Waals surface area (Å²) < 4.78 is 0. The van der Waals surface area contributed by atoms with Gasteiger partial charge in [-0.05, 0) is 51.6 Å². The third-order valence-electron chi connectivity index (χ3n) is 6.84. The van der Waals surface area contributed by atoms with Crippen LogP contribution in [0.25, 0.3) is 22.4 Å². The van der Waals surface area contributed by atoms with Crippen molar-refractivity contribution in [2.75, 3.05) is 5.32 Å². The Balaban J connectivity index is 1.43. The van der Waals surface area contributed by atoms with Gasteiger partial charge in [-0.2, -0.15) is 0 Å². The van der Waals surface area contributed by atoms with Gasteiger partial charge in [0.1, 0.15) is 0 Å². The number of anilines is 1. The van der Waals surface area contributed by atoms with Gasteiger partial charge in [-0.3, -0.25) is 0 Å². The summed E-state index contributed by atoms with van der Waals surface area (Å²) in [6.45, 7) is 4.66. The lowest BCUT2D eigenvalue weighted by atomic mass is 9.82. The molecule has 1 N–H and O–H groups in total. The lowest BCUT2D eigenvalue weighted by Gasteiger charge is -2.22. The molecule has 0 spiro atoms. The second-order valence-corrected chi connectivity index (χ2v) is 9.13. The van der Waals surface area contributed by atoms with Crippen molar-refractivity contribution in [3.8, 4) is 11.1 Å². The molecule has 1 atom stereocenters. The number of allylic oxidation sites excluding steroid dienone is 7. The monoisotopic (exact) mass is 399 g/mol. The maximum absolute atomic E-state index is 3.77. The molecule has 3 aromatic carbocycles. The Labute approximate surface area is 184 Å². The molecule has 0 aliphatic heterocycles. The highest BCUT2D eigenvalue weighted by atomic mass is 14.9. The quantitative estimate of drug-likeness (QED) is 0.468. The van der Waals surface area contributed by atoms with Gasteiger partial charge in [0.2, 0.25) is 0 Å². The summed E-state index contributed by atoms with van der Waals surface area (Å²) >= 11 is 0. The molecule has 0 aromatic heterocycles. The molecule has 0 radical (unpaired) electrons. The summed E-state index contributed by atoms with van der Waals surface area (Å²) in [6, 6.07) is 24.3. The van der Waals surface area contributed by atoms with Gasteiger partial charge in [0.25, 0.3) is 0 Å². The van der Waals surface area contributed by atoms with Gasteiger partial charge >= 0.3 is 0 Å². The van der Waals surface area contributed by atoms with E-state index in [1.807, 2.05) is 0 Å². The molecule has 3 aliphatic carbocycles. The first-order chi connectivity index (χ1) is 15.1. The fourth-order valence-electron chi connectivity index (χ4n) is 5.25. The van der Waals surface area contributed by atoms with Crippen LogP contribution in [0.5, 0.6) is 0 Å². The molecular weight excluding hydrogens is 374 g/mol. The number of hydrogen-bond donors (Lipinski definition) is 1. The molecule has 0 heterocycles. The molecule has 1 heteroatoms. The molecule has 2 bridgehead atoms. The zero-order chi connectivity index (χ0) is 21.0. The van der Waals surface area contributed by atoms with Crippen molar-refractivity contribution in [2.45, 2.75) is 19.3 Å².